The Balaban J connectivity index is 1.81. The highest BCUT2D eigenvalue weighted by Gasteiger charge is 2.44. The van der Waals surface area contributed by atoms with E-state index in [0.29, 0.717) is 16.9 Å². The molecule has 5 N–H and O–H groups in total. The van der Waals surface area contributed by atoms with Gasteiger partial charge in [0.25, 0.3) is 0 Å². The molecule has 8 nitrogen and oxygen atoms in total. The van der Waals surface area contributed by atoms with E-state index >= 15 is 0 Å². The Morgan fingerprint density at radius 1 is 1.32 bits per heavy atom. The number of nitrogens with two attached hydrogens (primary N) is 1. The molecule has 4 atom stereocenters. The summed E-state index contributed by atoms with van der Waals surface area (Å²) in [4.78, 5) is 9.15. The van der Waals surface area contributed by atoms with Gasteiger partial charge in [0.05, 0.1) is 16.2 Å². The lowest BCUT2D eigenvalue weighted by atomic mass is 10.1. The number of fused-ring (bicyclic) bond motifs is 1. The molecule has 0 unspecified atom stereocenters. The second-order valence-corrected chi connectivity index (χ2v) is 7.91. The summed E-state index contributed by atoms with van der Waals surface area (Å²) >= 11 is 3.11. The summed E-state index contributed by atoms with van der Waals surface area (Å²) < 4.78 is 8.33. The molecule has 1 fully saturated rings. The van der Waals surface area contributed by atoms with Gasteiger partial charge in [-0.05, 0) is 11.4 Å². The number of ether oxygens (including phenoxy) is 1. The summed E-state index contributed by atoms with van der Waals surface area (Å²) in [5, 5.41) is 32.3. The maximum atomic E-state index is 10.3. The van der Waals surface area contributed by atoms with Crippen molar-refractivity contribution in [2.75, 3.05) is 12.3 Å². The van der Waals surface area contributed by atoms with Crippen LogP contribution in [-0.4, -0.2) is 54.8 Å². The van der Waals surface area contributed by atoms with E-state index in [0.717, 1.165) is 9.10 Å². The van der Waals surface area contributed by atoms with Gasteiger partial charge in [-0.25, -0.2) is 9.97 Å². The lowest BCUT2D eigenvalue weighted by Gasteiger charge is -2.17. The largest absolute Gasteiger partial charge is 0.394 e. The topological polar surface area (TPSA) is 127 Å². The van der Waals surface area contributed by atoms with Gasteiger partial charge in [0.1, 0.15) is 36.1 Å². The highest BCUT2D eigenvalue weighted by atomic mass is 32.2. The average Bonchev–Trinajstić information content (AvgIpc) is 3.30. The molecular formula is C15H16N4O4S2. The fourth-order valence-corrected chi connectivity index (χ4v) is 4.79. The summed E-state index contributed by atoms with van der Waals surface area (Å²) in [6.07, 6.45) is -0.981. The molecule has 0 aromatic carbocycles. The maximum Gasteiger partial charge on any atom is 0.164 e. The minimum absolute atomic E-state index is 0.328. The molecule has 1 saturated heterocycles. The molecule has 0 radical (unpaired) electrons. The van der Waals surface area contributed by atoms with Crippen LogP contribution >= 0.6 is 23.1 Å². The van der Waals surface area contributed by atoms with Crippen LogP contribution < -0.4 is 5.73 Å². The van der Waals surface area contributed by atoms with Gasteiger partial charge < -0.3 is 30.4 Å². The second-order valence-electron chi connectivity index (χ2n) is 5.62. The summed E-state index contributed by atoms with van der Waals surface area (Å²) in [6.45, 7) is -0.387. The number of nitrogens with zero attached hydrogens (tertiary/aromatic N) is 3. The molecule has 4 rings (SSSR count). The van der Waals surface area contributed by atoms with Gasteiger partial charge in [0.2, 0.25) is 0 Å². The lowest BCUT2D eigenvalue weighted by molar-refractivity contribution is -0.0510. The summed E-state index contributed by atoms with van der Waals surface area (Å²) in [7, 11) is 0. The van der Waals surface area contributed by atoms with Gasteiger partial charge in [0.15, 0.2) is 6.23 Å². The molecule has 1 aliphatic rings. The predicted molar refractivity (Wildman–Crippen MR) is 93.4 cm³/mol. The Kier molecular flexibility index (Phi) is 4.40. The molecule has 1 aliphatic heterocycles. The van der Waals surface area contributed by atoms with E-state index < -0.39 is 24.5 Å². The first-order valence-corrected chi connectivity index (χ1v) is 9.24. The van der Waals surface area contributed by atoms with Crippen LogP contribution in [0.3, 0.4) is 0 Å². The quantitative estimate of drug-likeness (QED) is 0.524. The Hall–Kier alpha value is -1.69. The number of nitrogen functional groups attached to an aromatic ring is 1. The standard InChI is InChI=1S/C15H16N4O4S2/c16-13-10-8(25-9-2-1-3-24-9)4-19(14(10)18-6-17-13)15-12(22)11(21)7(5-20)23-15/h1-4,6-7,11-12,15,20-22H,5H2,(H2,16,17,18)/t7-,11-,12-,15-/m1/s1. The van der Waals surface area contributed by atoms with Crippen molar-refractivity contribution in [3.8, 4) is 0 Å². The van der Waals surface area contributed by atoms with E-state index in [1.165, 1.54) is 18.1 Å². The average molecular weight is 380 g/mol. The fraction of sp³-hybridized carbons (Fsp3) is 0.333. The molecule has 0 spiro atoms. The molecule has 0 amide bonds. The zero-order chi connectivity index (χ0) is 17.6. The van der Waals surface area contributed by atoms with Gasteiger partial charge in [-0.3, -0.25) is 0 Å². The predicted octanol–water partition coefficient (Wildman–Crippen LogP) is 0.838. The Bertz CT molecular complexity index is 885. The third-order valence-corrected chi connectivity index (χ3v) is 6.17. The van der Waals surface area contributed by atoms with Gasteiger partial charge >= 0.3 is 0 Å². The van der Waals surface area contributed by atoms with Gasteiger partial charge in [-0.1, -0.05) is 17.8 Å². The first-order valence-electron chi connectivity index (χ1n) is 7.55. The third kappa shape index (κ3) is 2.80. The number of aliphatic hydroxyl groups excluding tert-OH is 3. The molecule has 132 valence electrons. The monoisotopic (exact) mass is 380 g/mol. The number of thiophene rings is 1. The van der Waals surface area contributed by atoms with Crippen LogP contribution in [0, 0.1) is 0 Å². The number of hydrogen-bond acceptors (Lipinski definition) is 9. The van der Waals surface area contributed by atoms with Gasteiger partial charge in [0, 0.05) is 11.1 Å². The van der Waals surface area contributed by atoms with E-state index in [-0.39, 0.29) is 6.61 Å². The number of hydrogen-bond donors (Lipinski definition) is 4. The Morgan fingerprint density at radius 2 is 2.16 bits per heavy atom. The molecule has 0 saturated carbocycles. The van der Waals surface area contributed by atoms with E-state index in [4.69, 9.17) is 10.5 Å². The van der Waals surface area contributed by atoms with Crippen molar-refractivity contribution in [3.63, 3.8) is 0 Å². The van der Waals surface area contributed by atoms with Crippen LogP contribution in [0.2, 0.25) is 0 Å². The number of aliphatic hydroxyl groups is 3. The summed E-state index contributed by atoms with van der Waals surface area (Å²) in [5.41, 5.74) is 6.55. The van der Waals surface area contributed by atoms with Crippen molar-refractivity contribution < 1.29 is 20.1 Å². The minimum atomic E-state index is -1.19. The fourth-order valence-electron chi connectivity index (χ4n) is 2.88. The molecule has 4 heterocycles. The maximum absolute atomic E-state index is 10.3. The lowest BCUT2D eigenvalue weighted by Crippen LogP contribution is -2.33. The van der Waals surface area contributed by atoms with E-state index in [1.807, 2.05) is 17.5 Å². The van der Waals surface area contributed by atoms with Crippen molar-refractivity contribution in [2.24, 2.45) is 0 Å². The van der Waals surface area contributed by atoms with E-state index in [9.17, 15) is 15.3 Å². The zero-order valence-corrected chi connectivity index (χ0v) is 14.5. The van der Waals surface area contributed by atoms with Crippen molar-refractivity contribution >= 4 is 39.9 Å². The Morgan fingerprint density at radius 3 is 2.84 bits per heavy atom. The third-order valence-electron chi connectivity index (χ3n) is 4.10. The van der Waals surface area contributed by atoms with Crippen molar-refractivity contribution in [3.05, 3.63) is 30.0 Å². The number of rotatable bonds is 4. The first kappa shape index (κ1) is 16.8. The van der Waals surface area contributed by atoms with Crippen LogP contribution in [0.25, 0.3) is 11.0 Å². The van der Waals surface area contributed by atoms with Crippen LogP contribution in [0.5, 0.6) is 0 Å². The van der Waals surface area contributed by atoms with Crippen LogP contribution in [0.1, 0.15) is 6.23 Å². The summed E-state index contributed by atoms with van der Waals surface area (Å²) in [5.74, 6) is 0.328. The van der Waals surface area contributed by atoms with Crippen molar-refractivity contribution in [2.45, 2.75) is 33.6 Å². The molecule has 3 aromatic rings. The van der Waals surface area contributed by atoms with E-state index in [1.54, 1.807) is 22.1 Å². The molecule has 3 aromatic heterocycles. The summed E-state index contributed by atoms with van der Waals surface area (Å²) in [6, 6.07) is 3.95. The van der Waals surface area contributed by atoms with Crippen LogP contribution in [0.4, 0.5) is 5.82 Å². The molecule has 25 heavy (non-hydrogen) atoms. The SMILES string of the molecule is Nc1ncnc2c1c(Sc1cccs1)cn2[C@@H]1O[C@H](CO)[C@@H](O)[C@H]1O. The van der Waals surface area contributed by atoms with Crippen molar-refractivity contribution in [1.29, 1.82) is 0 Å². The van der Waals surface area contributed by atoms with E-state index in [2.05, 4.69) is 9.97 Å². The van der Waals surface area contributed by atoms with Crippen molar-refractivity contribution in [1.82, 2.24) is 14.5 Å². The second kappa shape index (κ2) is 6.56. The Labute approximate surface area is 150 Å². The zero-order valence-electron chi connectivity index (χ0n) is 12.9. The van der Waals surface area contributed by atoms with Crippen LogP contribution in [-0.2, 0) is 4.74 Å². The molecule has 0 bridgehead atoms. The highest BCUT2D eigenvalue weighted by molar-refractivity contribution is 8.01. The van der Waals surface area contributed by atoms with Gasteiger partial charge in [-0.2, -0.15) is 0 Å². The highest BCUT2D eigenvalue weighted by Crippen LogP contribution is 2.41. The van der Waals surface area contributed by atoms with Gasteiger partial charge in [-0.15, -0.1) is 11.3 Å². The smallest absolute Gasteiger partial charge is 0.164 e. The molecule has 10 heteroatoms. The van der Waals surface area contributed by atoms with Crippen LogP contribution in [0.15, 0.2) is 39.1 Å². The normalized spacial score (nSPS) is 26.5. The molecule has 0 aliphatic carbocycles. The minimum Gasteiger partial charge on any atom is -0.394 e. The first-order chi connectivity index (χ1) is 12.1. The number of anilines is 1. The number of aromatic nitrogens is 3. The molecular weight excluding hydrogens is 364 g/mol.